The summed E-state index contributed by atoms with van der Waals surface area (Å²) in [6, 6.07) is 0. The van der Waals surface area contributed by atoms with Crippen molar-refractivity contribution in [2.75, 3.05) is 6.61 Å². The zero-order valence-electron chi connectivity index (χ0n) is 6.93. The van der Waals surface area contributed by atoms with Crippen LogP contribution in [0.4, 0.5) is 0 Å². The number of aliphatic carboxylic acids is 1. The first kappa shape index (κ1) is 9.73. The summed E-state index contributed by atoms with van der Waals surface area (Å²) in [5.74, 6) is -1.86. The topological polar surface area (TPSA) is 72.8 Å². The fourth-order valence-electron chi connectivity index (χ4n) is 0.949. The van der Waals surface area contributed by atoms with Gasteiger partial charge in [0, 0.05) is 18.6 Å². The molecule has 0 aromatic heterocycles. The molecule has 0 aromatic carbocycles. The normalized spacial score (nSPS) is 22.0. The van der Waals surface area contributed by atoms with Gasteiger partial charge < -0.3 is 14.6 Å². The summed E-state index contributed by atoms with van der Waals surface area (Å²) in [5.41, 5.74) is 0. The van der Waals surface area contributed by atoms with Gasteiger partial charge >= 0.3 is 11.9 Å². The summed E-state index contributed by atoms with van der Waals surface area (Å²) >= 11 is 0. The van der Waals surface area contributed by atoms with Gasteiger partial charge in [-0.15, -0.1) is 0 Å². The summed E-state index contributed by atoms with van der Waals surface area (Å²) in [7, 11) is 0. The Morgan fingerprint density at radius 3 is 2.77 bits per heavy atom. The summed E-state index contributed by atoms with van der Waals surface area (Å²) in [6.45, 7) is 0.584. The highest BCUT2D eigenvalue weighted by molar-refractivity contribution is 5.90. The minimum atomic E-state index is -1.18. The lowest BCUT2D eigenvalue weighted by molar-refractivity contribution is -0.163. The molecule has 1 atom stereocenters. The monoisotopic (exact) mass is 186 g/mol. The molecule has 1 fully saturated rings. The van der Waals surface area contributed by atoms with Crippen molar-refractivity contribution in [2.24, 2.45) is 0 Å². The average molecular weight is 186 g/mol. The first-order valence-electron chi connectivity index (χ1n) is 3.91. The van der Waals surface area contributed by atoms with Crippen molar-refractivity contribution in [3.8, 4) is 0 Å². The third kappa shape index (κ3) is 3.71. The molecule has 72 valence electrons. The number of rotatable bonds is 3. The number of ether oxygens (including phenoxy) is 2. The molecule has 0 amide bonds. The molecular weight excluding hydrogens is 176 g/mol. The number of esters is 1. The molecule has 13 heavy (non-hydrogen) atoms. The Balaban J connectivity index is 2.28. The van der Waals surface area contributed by atoms with E-state index in [-0.39, 0.29) is 0 Å². The maximum atomic E-state index is 10.9. The lowest BCUT2D eigenvalue weighted by Gasteiger charge is -2.07. The first-order valence-corrected chi connectivity index (χ1v) is 3.91. The summed E-state index contributed by atoms with van der Waals surface area (Å²) in [6.07, 6.45) is 2.63. The van der Waals surface area contributed by atoms with E-state index in [1.54, 1.807) is 0 Å². The quantitative estimate of drug-likeness (QED) is 0.507. The number of carboxylic acid groups (broad SMARTS) is 1. The van der Waals surface area contributed by atoms with E-state index in [0.717, 1.165) is 18.6 Å². The van der Waals surface area contributed by atoms with Crippen LogP contribution in [0.3, 0.4) is 0 Å². The van der Waals surface area contributed by atoms with E-state index in [0.29, 0.717) is 13.0 Å². The van der Waals surface area contributed by atoms with Gasteiger partial charge in [0.25, 0.3) is 0 Å². The maximum absolute atomic E-state index is 10.9. The summed E-state index contributed by atoms with van der Waals surface area (Å²) in [4.78, 5) is 20.9. The third-order valence-corrected chi connectivity index (χ3v) is 1.50. The van der Waals surface area contributed by atoms with Gasteiger partial charge in [-0.3, -0.25) is 0 Å². The number of carbonyl (C=O) groups excluding carboxylic acids is 1. The van der Waals surface area contributed by atoms with Gasteiger partial charge in [0.2, 0.25) is 6.29 Å². The largest absolute Gasteiger partial charge is 0.478 e. The van der Waals surface area contributed by atoms with E-state index in [4.69, 9.17) is 14.6 Å². The molecule has 0 saturated carbocycles. The van der Waals surface area contributed by atoms with Crippen LogP contribution in [0, 0.1) is 0 Å². The Labute approximate surface area is 74.9 Å². The van der Waals surface area contributed by atoms with Crippen LogP contribution in [-0.2, 0) is 19.1 Å². The van der Waals surface area contributed by atoms with Crippen molar-refractivity contribution in [3.05, 3.63) is 12.2 Å². The molecule has 1 rings (SSSR count). The molecule has 0 aromatic rings. The van der Waals surface area contributed by atoms with Gasteiger partial charge in [0.1, 0.15) is 0 Å². The number of hydrogen-bond acceptors (Lipinski definition) is 4. The van der Waals surface area contributed by atoms with Gasteiger partial charge in [-0.1, -0.05) is 0 Å². The molecule has 0 spiro atoms. The summed E-state index contributed by atoms with van der Waals surface area (Å²) in [5, 5.41) is 8.20. The molecule has 1 aliphatic rings. The molecular formula is C8H10O5. The van der Waals surface area contributed by atoms with Crippen LogP contribution in [0.25, 0.3) is 0 Å². The first-order chi connectivity index (χ1) is 6.18. The smallest absolute Gasteiger partial charge is 0.333 e. The molecule has 0 radical (unpaired) electrons. The Hall–Kier alpha value is -1.36. The third-order valence-electron chi connectivity index (χ3n) is 1.50. The molecule has 1 aliphatic heterocycles. The lowest BCUT2D eigenvalue weighted by atomic mass is 10.4. The molecule has 5 nitrogen and oxygen atoms in total. The minimum Gasteiger partial charge on any atom is -0.478 e. The van der Waals surface area contributed by atoms with E-state index in [1.165, 1.54) is 0 Å². The van der Waals surface area contributed by atoms with Crippen molar-refractivity contribution < 1.29 is 24.2 Å². The van der Waals surface area contributed by atoms with Crippen molar-refractivity contribution in [2.45, 2.75) is 19.1 Å². The molecule has 1 saturated heterocycles. The van der Waals surface area contributed by atoms with Crippen LogP contribution in [0.15, 0.2) is 12.2 Å². The minimum absolute atomic E-state index is 0.508. The van der Waals surface area contributed by atoms with Gasteiger partial charge in [0.05, 0.1) is 6.61 Å². The van der Waals surface area contributed by atoms with Crippen molar-refractivity contribution in [1.82, 2.24) is 0 Å². The number of hydrogen-bond donors (Lipinski definition) is 1. The molecule has 5 heteroatoms. The van der Waals surface area contributed by atoms with Crippen LogP contribution in [0.1, 0.15) is 12.8 Å². The second kappa shape index (κ2) is 4.61. The molecule has 1 unspecified atom stereocenters. The standard InChI is InChI=1S/C8H10O5/c9-6(10)3-4-7(11)13-8-2-1-5-12-8/h3-4,8H,1-2,5H2,(H,9,10)/b4-3+. The van der Waals surface area contributed by atoms with Crippen LogP contribution in [0.5, 0.6) is 0 Å². The lowest BCUT2D eigenvalue weighted by Crippen LogP contribution is -2.15. The SMILES string of the molecule is O=C(O)/C=C/C(=O)OC1CCCO1. The average Bonchev–Trinajstić information content (AvgIpc) is 2.53. The van der Waals surface area contributed by atoms with E-state index in [9.17, 15) is 9.59 Å². The van der Waals surface area contributed by atoms with Gasteiger partial charge in [-0.05, 0) is 6.42 Å². The van der Waals surface area contributed by atoms with Gasteiger partial charge in [-0.25, -0.2) is 9.59 Å². The fraction of sp³-hybridized carbons (Fsp3) is 0.500. The van der Waals surface area contributed by atoms with Crippen molar-refractivity contribution in [1.29, 1.82) is 0 Å². The molecule has 0 bridgehead atoms. The second-order valence-corrected chi connectivity index (χ2v) is 2.55. The van der Waals surface area contributed by atoms with E-state index in [2.05, 4.69) is 0 Å². The Bertz CT molecular complexity index is 227. The fourth-order valence-corrected chi connectivity index (χ4v) is 0.949. The Kier molecular flexibility index (Phi) is 3.45. The predicted molar refractivity (Wildman–Crippen MR) is 41.8 cm³/mol. The highest BCUT2D eigenvalue weighted by Gasteiger charge is 2.18. The van der Waals surface area contributed by atoms with Gasteiger partial charge in [-0.2, -0.15) is 0 Å². The van der Waals surface area contributed by atoms with E-state index in [1.807, 2.05) is 0 Å². The molecule has 1 heterocycles. The molecule has 1 N–H and O–H groups in total. The number of carbonyl (C=O) groups is 2. The van der Waals surface area contributed by atoms with Crippen molar-refractivity contribution >= 4 is 11.9 Å². The highest BCUT2D eigenvalue weighted by Crippen LogP contribution is 2.13. The second-order valence-electron chi connectivity index (χ2n) is 2.55. The van der Waals surface area contributed by atoms with Gasteiger partial charge in [0.15, 0.2) is 0 Å². The van der Waals surface area contributed by atoms with E-state index < -0.39 is 18.2 Å². The van der Waals surface area contributed by atoms with Crippen LogP contribution < -0.4 is 0 Å². The Morgan fingerprint density at radius 1 is 1.46 bits per heavy atom. The zero-order chi connectivity index (χ0) is 9.68. The highest BCUT2D eigenvalue weighted by atomic mass is 16.7. The van der Waals surface area contributed by atoms with E-state index >= 15 is 0 Å². The van der Waals surface area contributed by atoms with Crippen LogP contribution in [-0.4, -0.2) is 29.9 Å². The van der Waals surface area contributed by atoms with Crippen LogP contribution >= 0.6 is 0 Å². The number of carboxylic acids is 1. The summed E-state index contributed by atoms with van der Waals surface area (Å²) < 4.78 is 9.76. The van der Waals surface area contributed by atoms with Crippen LogP contribution in [0.2, 0.25) is 0 Å². The molecule has 0 aliphatic carbocycles. The zero-order valence-corrected chi connectivity index (χ0v) is 6.93. The Morgan fingerprint density at radius 2 is 2.23 bits per heavy atom. The maximum Gasteiger partial charge on any atom is 0.333 e. The predicted octanol–water partition coefficient (Wildman–Crippen LogP) is 0.307. The van der Waals surface area contributed by atoms with Crippen molar-refractivity contribution in [3.63, 3.8) is 0 Å².